The lowest BCUT2D eigenvalue weighted by atomic mass is 10.1. The molecule has 2 aromatic rings. The third-order valence-corrected chi connectivity index (χ3v) is 4.12. The van der Waals surface area contributed by atoms with E-state index in [-0.39, 0.29) is 12.5 Å². The van der Waals surface area contributed by atoms with Crippen LogP contribution in [0.3, 0.4) is 0 Å². The van der Waals surface area contributed by atoms with Gasteiger partial charge in [-0.2, -0.15) is 0 Å². The van der Waals surface area contributed by atoms with Crippen molar-refractivity contribution in [2.45, 2.75) is 6.42 Å². The van der Waals surface area contributed by atoms with Gasteiger partial charge in [0.2, 0.25) is 0 Å². The summed E-state index contributed by atoms with van der Waals surface area (Å²) in [5.41, 5.74) is 2.29. The number of nitrogens with one attached hydrogen (secondary N) is 1. The molecule has 7 nitrogen and oxygen atoms in total. The lowest BCUT2D eigenvalue weighted by Crippen LogP contribution is -2.30. The highest BCUT2D eigenvalue weighted by atomic mass is 16.5. The monoisotopic (exact) mass is 386 g/mol. The Labute approximate surface area is 165 Å². The number of methoxy groups -OCH3 is 2. The molecule has 2 aromatic carbocycles. The number of hydrogen-bond donors (Lipinski definition) is 1. The Hall–Kier alpha value is -3.22. The van der Waals surface area contributed by atoms with Crippen LogP contribution in [0.1, 0.15) is 15.9 Å². The Morgan fingerprint density at radius 2 is 1.75 bits per heavy atom. The van der Waals surface area contributed by atoms with Crippen molar-refractivity contribution in [3.05, 3.63) is 53.6 Å². The quantitative estimate of drug-likeness (QED) is 0.667. The predicted molar refractivity (Wildman–Crippen MR) is 107 cm³/mol. The Balaban J connectivity index is 1.78. The molecule has 0 unspecified atom stereocenters. The van der Waals surface area contributed by atoms with Crippen molar-refractivity contribution in [2.24, 2.45) is 0 Å². The second kappa shape index (κ2) is 10.2. The highest BCUT2D eigenvalue weighted by Crippen LogP contribution is 2.27. The molecule has 0 radical (unpaired) electrons. The average Bonchev–Trinajstić information content (AvgIpc) is 2.71. The molecule has 1 amide bonds. The first-order chi connectivity index (χ1) is 13.4. The molecule has 0 saturated heterocycles. The van der Waals surface area contributed by atoms with Crippen molar-refractivity contribution >= 4 is 17.6 Å². The number of carbonyl (C=O) groups is 2. The molecule has 0 saturated carbocycles. The van der Waals surface area contributed by atoms with E-state index in [0.717, 1.165) is 11.3 Å². The summed E-state index contributed by atoms with van der Waals surface area (Å²) in [6, 6.07) is 12.6. The summed E-state index contributed by atoms with van der Waals surface area (Å²) in [6.45, 7) is 0.0962. The number of hydrogen-bond acceptors (Lipinski definition) is 6. The molecular formula is C21H26N2O5. The molecule has 0 fully saturated rings. The van der Waals surface area contributed by atoms with Crippen molar-refractivity contribution in [3.8, 4) is 11.5 Å². The summed E-state index contributed by atoms with van der Waals surface area (Å²) in [4.78, 5) is 25.9. The van der Waals surface area contributed by atoms with Crippen LogP contribution in [0.5, 0.6) is 11.5 Å². The topological polar surface area (TPSA) is 77.1 Å². The first-order valence-corrected chi connectivity index (χ1v) is 8.86. The van der Waals surface area contributed by atoms with Crippen molar-refractivity contribution in [1.82, 2.24) is 5.32 Å². The second-order valence-electron chi connectivity index (χ2n) is 6.31. The molecule has 150 valence electrons. The van der Waals surface area contributed by atoms with Crippen LogP contribution in [0.15, 0.2) is 42.5 Å². The minimum atomic E-state index is -0.529. The highest BCUT2D eigenvalue weighted by molar-refractivity contribution is 5.92. The van der Waals surface area contributed by atoms with Gasteiger partial charge in [0.05, 0.1) is 19.8 Å². The summed E-state index contributed by atoms with van der Waals surface area (Å²) in [5, 5.41) is 2.74. The Kier molecular flexibility index (Phi) is 7.68. The fourth-order valence-corrected chi connectivity index (χ4v) is 2.56. The van der Waals surface area contributed by atoms with Crippen molar-refractivity contribution in [1.29, 1.82) is 0 Å². The van der Waals surface area contributed by atoms with Crippen LogP contribution in [0.4, 0.5) is 5.69 Å². The van der Waals surface area contributed by atoms with E-state index in [4.69, 9.17) is 14.2 Å². The summed E-state index contributed by atoms with van der Waals surface area (Å²) >= 11 is 0. The first-order valence-electron chi connectivity index (χ1n) is 8.86. The van der Waals surface area contributed by atoms with Gasteiger partial charge in [-0.05, 0) is 42.3 Å². The summed E-state index contributed by atoms with van der Waals surface area (Å²) < 4.78 is 15.5. The number of benzene rings is 2. The minimum Gasteiger partial charge on any atom is -0.493 e. The van der Waals surface area contributed by atoms with Crippen molar-refractivity contribution in [3.63, 3.8) is 0 Å². The molecule has 2 rings (SSSR count). The van der Waals surface area contributed by atoms with E-state index in [9.17, 15) is 9.59 Å². The zero-order valence-electron chi connectivity index (χ0n) is 16.7. The van der Waals surface area contributed by atoms with Crippen LogP contribution in [0.25, 0.3) is 0 Å². The molecule has 0 atom stereocenters. The smallest absolute Gasteiger partial charge is 0.338 e. The van der Waals surface area contributed by atoms with Gasteiger partial charge in [-0.3, -0.25) is 4.79 Å². The number of amides is 1. The molecule has 0 aromatic heterocycles. The number of anilines is 1. The van der Waals surface area contributed by atoms with E-state index < -0.39 is 5.97 Å². The van der Waals surface area contributed by atoms with Gasteiger partial charge in [0.25, 0.3) is 5.91 Å². The summed E-state index contributed by atoms with van der Waals surface area (Å²) in [7, 11) is 6.92. The number of carbonyl (C=O) groups excluding carboxylic acids is 2. The largest absolute Gasteiger partial charge is 0.493 e. The first kappa shape index (κ1) is 21.1. The number of nitrogens with zero attached hydrogens (tertiary/aromatic N) is 1. The molecule has 0 aliphatic carbocycles. The fourth-order valence-electron chi connectivity index (χ4n) is 2.56. The molecule has 0 spiro atoms. The van der Waals surface area contributed by atoms with Gasteiger partial charge in [0.15, 0.2) is 18.1 Å². The molecule has 0 aliphatic rings. The average molecular weight is 386 g/mol. The summed E-state index contributed by atoms with van der Waals surface area (Å²) in [5.74, 6) is 0.414. The van der Waals surface area contributed by atoms with E-state index in [2.05, 4.69) is 5.32 Å². The zero-order chi connectivity index (χ0) is 20.5. The van der Waals surface area contributed by atoms with E-state index in [0.29, 0.717) is 30.0 Å². The molecule has 0 aliphatic heterocycles. The van der Waals surface area contributed by atoms with Crippen molar-refractivity contribution < 1.29 is 23.8 Å². The Bertz CT molecular complexity index is 820. The van der Waals surface area contributed by atoms with Crippen LogP contribution in [0.2, 0.25) is 0 Å². The number of ether oxygens (including phenoxy) is 3. The van der Waals surface area contributed by atoms with Crippen LogP contribution in [-0.2, 0) is 16.0 Å². The van der Waals surface area contributed by atoms with E-state index in [1.165, 1.54) is 0 Å². The maximum atomic E-state index is 12.1. The number of rotatable bonds is 9. The van der Waals surface area contributed by atoms with Gasteiger partial charge in [-0.1, -0.05) is 12.1 Å². The molecular weight excluding hydrogens is 360 g/mol. The van der Waals surface area contributed by atoms with Crippen LogP contribution in [-0.4, -0.2) is 53.3 Å². The summed E-state index contributed by atoms with van der Waals surface area (Å²) in [6.07, 6.45) is 0.616. The highest BCUT2D eigenvalue weighted by Gasteiger charge is 2.11. The van der Waals surface area contributed by atoms with E-state index >= 15 is 0 Å². The van der Waals surface area contributed by atoms with Gasteiger partial charge >= 0.3 is 5.97 Å². The normalized spacial score (nSPS) is 10.1. The van der Waals surface area contributed by atoms with Gasteiger partial charge in [-0.25, -0.2) is 4.79 Å². The third-order valence-electron chi connectivity index (χ3n) is 4.12. The predicted octanol–water partition coefficient (Wildman–Crippen LogP) is 2.29. The van der Waals surface area contributed by atoms with Gasteiger partial charge in [0.1, 0.15) is 0 Å². The van der Waals surface area contributed by atoms with Crippen LogP contribution < -0.4 is 19.7 Å². The Morgan fingerprint density at radius 3 is 2.43 bits per heavy atom. The standard InChI is InChI=1S/C21H26N2O5/c1-23(2)17-7-5-6-16(13-17)21(25)28-14-20(24)22-11-10-15-8-9-18(26-3)19(12-15)27-4/h5-9,12-13H,10-11,14H2,1-4H3,(H,22,24). The Morgan fingerprint density at radius 1 is 1.00 bits per heavy atom. The molecule has 0 heterocycles. The van der Waals surface area contributed by atoms with Crippen LogP contribution in [0, 0.1) is 0 Å². The molecule has 0 bridgehead atoms. The lowest BCUT2D eigenvalue weighted by Gasteiger charge is -2.13. The van der Waals surface area contributed by atoms with Gasteiger partial charge in [-0.15, -0.1) is 0 Å². The molecule has 28 heavy (non-hydrogen) atoms. The van der Waals surface area contributed by atoms with Crippen LogP contribution >= 0.6 is 0 Å². The van der Waals surface area contributed by atoms with Crippen molar-refractivity contribution in [2.75, 3.05) is 46.4 Å². The maximum Gasteiger partial charge on any atom is 0.338 e. The van der Waals surface area contributed by atoms with E-state index in [1.807, 2.05) is 43.3 Å². The second-order valence-corrected chi connectivity index (χ2v) is 6.31. The van der Waals surface area contributed by atoms with E-state index in [1.54, 1.807) is 32.4 Å². The SMILES string of the molecule is COc1ccc(CCNC(=O)COC(=O)c2cccc(N(C)C)c2)cc1OC. The molecule has 1 N–H and O–H groups in total. The van der Waals surface area contributed by atoms with Gasteiger partial charge < -0.3 is 24.4 Å². The maximum absolute atomic E-state index is 12.1. The number of esters is 1. The minimum absolute atomic E-state index is 0.322. The molecule has 7 heteroatoms. The zero-order valence-corrected chi connectivity index (χ0v) is 16.7. The lowest BCUT2D eigenvalue weighted by molar-refractivity contribution is -0.124. The fraction of sp³-hybridized carbons (Fsp3) is 0.333. The third kappa shape index (κ3) is 5.90. The van der Waals surface area contributed by atoms with Gasteiger partial charge in [0, 0.05) is 26.3 Å².